The van der Waals surface area contributed by atoms with Crippen LogP contribution in [-0.2, 0) is 6.42 Å². The Bertz CT molecular complexity index is 483. The largest absolute Gasteiger partial charge is 0.594 e. The molecule has 0 saturated heterocycles. The summed E-state index contributed by atoms with van der Waals surface area (Å²) < 4.78 is 0. The van der Waals surface area contributed by atoms with Gasteiger partial charge in [-0.1, -0.05) is 13.0 Å². The second kappa shape index (κ2) is 3.10. The fourth-order valence-corrected chi connectivity index (χ4v) is 1.33. The number of hydrogen-bond donors (Lipinski definition) is 1. The minimum Gasteiger partial charge on any atom is -0.594 e. The molecule has 2 aromatic rings. The molecule has 0 saturated carbocycles. The first-order valence-corrected chi connectivity index (χ1v) is 4.36. The number of benzene rings is 1. The zero-order valence-corrected chi connectivity index (χ0v) is 7.77. The van der Waals surface area contributed by atoms with Gasteiger partial charge in [0, 0.05) is 6.07 Å². The van der Waals surface area contributed by atoms with Crippen molar-refractivity contribution in [1.29, 1.82) is 0 Å². The quantitative estimate of drug-likeness (QED) is 0.521. The van der Waals surface area contributed by atoms with Gasteiger partial charge in [-0.2, -0.15) is 0 Å². The highest BCUT2D eigenvalue weighted by Crippen LogP contribution is 2.10. The van der Waals surface area contributed by atoms with Crippen LogP contribution in [0.1, 0.15) is 12.5 Å². The van der Waals surface area contributed by atoms with Crippen molar-refractivity contribution < 1.29 is 4.85 Å². The van der Waals surface area contributed by atoms with Crippen molar-refractivity contribution in [2.24, 2.45) is 0 Å². The van der Waals surface area contributed by atoms with Crippen LogP contribution in [-0.4, -0.2) is 10.1 Å². The Balaban J connectivity index is 2.75. The molecule has 0 radical (unpaired) electrons. The van der Waals surface area contributed by atoms with Crippen molar-refractivity contribution in [2.75, 3.05) is 5.73 Å². The Morgan fingerprint density at radius 1 is 1.50 bits per heavy atom. The number of rotatable bonds is 1. The minimum atomic E-state index is 0.000697. The summed E-state index contributed by atoms with van der Waals surface area (Å²) in [4.78, 5) is 4.49. The average molecular weight is 190 g/mol. The third-order valence-electron chi connectivity index (χ3n) is 2.08. The standard InChI is InChI=1S/C9H10N4O/c1-2-6-3-4-8-7(5-6)11-9(10)12-13(8)14/h3-5H,2H2,1H3,(H2,10,11,12). The van der Waals surface area contributed by atoms with E-state index in [2.05, 4.69) is 10.1 Å². The van der Waals surface area contributed by atoms with Crippen molar-refractivity contribution in [2.45, 2.75) is 13.3 Å². The number of aryl methyl sites for hydroxylation is 1. The number of nitrogen functional groups attached to an aromatic ring is 1. The number of anilines is 1. The highest BCUT2D eigenvalue weighted by Gasteiger charge is 2.08. The third-order valence-corrected chi connectivity index (χ3v) is 2.08. The lowest BCUT2D eigenvalue weighted by Crippen LogP contribution is -2.33. The zero-order chi connectivity index (χ0) is 10.1. The van der Waals surface area contributed by atoms with E-state index in [1.807, 2.05) is 19.1 Å². The Morgan fingerprint density at radius 3 is 3.00 bits per heavy atom. The monoisotopic (exact) mass is 190 g/mol. The first kappa shape index (κ1) is 8.68. The molecule has 0 aliphatic rings. The van der Waals surface area contributed by atoms with Crippen LogP contribution in [0.3, 0.4) is 0 Å². The van der Waals surface area contributed by atoms with Crippen LogP contribution in [0.5, 0.6) is 0 Å². The van der Waals surface area contributed by atoms with E-state index in [4.69, 9.17) is 5.73 Å². The lowest BCUT2D eigenvalue weighted by Gasteiger charge is -2.00. The topological polar surface area (TPSA) is 78.7 Å². The Morgan fingerprint density at radius 2 is 2.29 bits per heavy atom. The van der Waals surface area contributed by atoms with Crippen molar-refractivity contribution >= 4 is 17.0 Å². The number of fused-ring (bicyclic) bond motifs is 1. The molecule has 14 heavy (non-hydrogen) atoms. The molecule has 0 aliphatic carbocycles. The summed E-state index contributed by atoms with van der Waals surface area (Å²) in [6, 6.07) is 5.44. The van der Waals surface area contributed by atoms with E-state index in [0.29, 0.717) is 15.9 Å². The second-order valence-corrected chi connectivity index (χ2v) is 3.02. The Labute approximate surface area is 80.8 Å². The predicted octanol–water partition coefficient (Wildman–Crippen LogP) is 0.408. The molecule has 2 N–H and O–H groups in total. The molecule has 5 heteroatoms. The van der Waals surface area contributed by atoms with Crippen LogP contribution < -0.4 is 10.6 Å². The van der Waals surface area contributed by atoms with E-state index >= 15 is 0 Å². The molecule has 1 aromatic carbocycles. The fraction of sp³-hybridized carbons (Fsp3) is 0.222. The number of aromatic nitrogens is 3. The molecule has 0 amide bonds. The molecule has 1 heterocycles. The van der Waals surface area contributed by atoms with Crippen molar-refractivity contribution in [3.8, 4) is 0 Å². The molecule has 1 aromatic heterocycles. The highest BCUT2D eigenvalue weighted by molar-refractivity contribution is 5.72. The molecule has 2 rings (SSSR count). The normalized spacial score (nSPS) is 10.6. The van der Waals surface area contributed by atoms with Gasteiger partial charge in [0.05, 0.1) is 5.10 Å². The third kappa shape index (κ3) is 1.32. The molecule has 0 atom stereocenters. The molecule has 72 valence electrons. The molecular weight excluding hydrogens is 180 g/mol. The summed E-state index contributed by atoms with van der Waals surface area (Å²) in [6.07, 6.45) is 0.901. The highest BCUT2D eigenvalue weighted by atomic mass is 16.5. The molecule has 0 spiro atoms. The van der Waals surface area contributed by atoms with Gasteiger partial charge in [-0.15, -0.1) is 0 Å². The van der Waals surface area contributed by atoms with Gasteiger partial charge in [0.2, 0.25) is 0 Å². The number of nitrogens with two attached hydrogens (primary N) is 1. The average Bonchev–Trinajstić information content (AvgIpc) is 2.16. The number of hydrogen-bond acceptors (Lipinski definition) is 4. The van der Waals surface area contributed by atoms with Crippen LogP contribution in [0, 0.1) is 5.21 Å². The van der Waals surface area contributed by atoms with Crippen molar-refractivity contribution in [1.82, 2.24) is 10.1 Å². The van der Waals surface area contributed by atoms with E-state index in [-0.39, 0.29) is 5.95 Å². The Hall–Kier alpha value is -1.91. The predicted molar refractivity (Wildman–Crippen MR) is 52.3 cm³/mol. The first-order valence-electron chi connectivity index (χ1n) is 4.36. The van der Waals surface area contributed by atoms with E-state index in [1.54, 1.807) is 6.07 Å². The lowest BCUT2D eigenvalue weighted by molar-refractivity contribution is -0.641. The lowest BCUT2D eigenvalue weighted by atomic mass is 10.1. The van der Waals surface area contributed by atoms with Gasteiger partial charge in [-0.25, -0.2) is 4.98 Å². The minimum absolute atomic E-state index is 0.000697. The van der Waals surface area contributed by atoms with Gasteiger partial charge in [0.25, 0.3) is 11.5 Å². The van der Waals surface area contributed by atoms with E-state index in [0.717, 1.165) is 12.0 Å². The van der Waals surface area contributed by atoms with Crippen LogP contribution in [0.4, 0.5) is 5.95 Å². The first-order chi connectivity index (χ1) is 6.70. The van der Waals surface area contributed by atoms with Gasteiger partial charge >= 0.3 is 0 Å². The van der Waals surface area contributed by atoms with Crippen LogP contribution in [0.2, 0.25) is 0 Å². The smallest absolute Gasteiger partial charge is 0.288 e. The molecule has 0 unspecified atom stereocenters. The molecule has 5 nitrogen and oxygen atoms in total. The summed E-state index contributed by atoms with van der Waals surface area (Å²) in [7, 11) is 0. The van der Waals surface area contributed by atoms with Gasteiger partial charge < -0.3 is 10.9 Å². The zero-order valence-electron chi connectivity index (χ0n) is 7.77. The van der Waals surface area contributed by atoms with E-state index in [9.17, 15) is 5.21 Å². The summed E-state index contributed by atoms with van der Waals surface area (Å²) in [6.45, 7) is 2.04. The van der Waals surface area contributed by atoms with Gasteiger partial charge in [0.15, 0.2) is 0 Å². The molecule has 0 fully saturated rings. The Kier molecular flexibility index (Phi) is 1.92. The second-order valence-electron chi connectivity index (χ2n) is 3.02. The van der Waals surface area contributed by atoms with Crippen molar-refractivity contribution in [3.05, 3.63) is 29.0 Å². The van der Waals surface area contributed by atoms with E-state index < -0.39 is 0 Å². The van der Waals surface area contributed by atoms with Crippen molar-refractivity contribution in [3.63, 3.8) is 0 Å². The molecule has 0 aliphatic heterocycles. The summed E-state index contributed by atoms with van der Waals surface area (Å²) >= 11 is 0. The van der Waals surface area contributed by atoms with E-state index in [1.165, 1.54) is 0 Å². The SMILES string of the molecule is CCc1ccc2c(c1)nc(N)n[n+]2[O-]. The van der Waals surface area contributed by atoms with Gasteiger partial charge in [0.1, 0.15) is 5.52 Å². The molecule has 0 bridgehead atoms. The maximum absolute atomic E-state index is 11.3. The summed E-state index contributed by atoms with van der Waals surface area (Å²) in [5.41, 5.74) is 7.52. The summed E-state index contributed by atoms with van der Waals surface area (Å²) in [5, 5.41) is 14.8. The van der Waals surface area contributed by atoms with Crippen LogP contribution >= 0.6 is 0 Å². The maximum atomic E-state index is 11.3. The maximum Gasteiger partial charge on any atom is 0.288 e. The fourth-order valence-electron chi connectivity index (χ4n) is 1.33. The number of nitrogens with zero attached hydrogens (tertiary/aromatic N) is 3. The van der Waals surface area contributed by atoms with Gasteiger partial charge in [-0.05, 0) is 22.9 Å². The van der Waals surface area contributed by atoms with Gasteiger partial charge in [-0.3, -0.25) is 0 Å². The van der Waals surface area contributed by atoms with Crippen LogP contribution in [0.25, 0.3) is 11.0 Å². The van der Waals surface area contributed by atoms with Crippen LogP contribution in [0.15, 0.2) is 18.2 Å². The molecular formula is C9H10N4O. The summed E-state index contributed by atoms with van der Waals surface area (Å²) in [5.74, 6) is 0.000697.